The topological polar surface area (TPSA) is 71.7 Å². The molecule has 4 aliphatic heterocycles. The Balaban J connectivity index is 1.28. The molecule has 2 aromatic heterocycles. The molecule has 2 bridgehead atoms. The average Bonchev–Trinajstić information content (AvgIpc) is 3.40. The fraction of sp³-hybridized carbons (Fsp3) is 0.611. The van der Waals surface area contributed by atoms with Gasteiger partial charge in [0.05, 0.1) is 23.9 Å². The van der Waals surface area contributed by atoms with Gasteiger partial charge >= 0.3 is 0 Å². The van der Waals surface area contributed by atoms with Crippen LogP contribution in [-0.2, 0) is 9.53 Å². The third kappa shape index (κ3) is 2.95. The van der Waals surface area contributed by atoms with Crippen molar-refractivity contribution < 1.29 is 14.1 Å². The summed E-state index contributed by atoms with van der Waals surface area (Å²) in [5, 5.41) is 6.04. The predicted octanol–water partition coefficient (Wildman–Crippen LogP) is 2.04. The highest BCUT2D eigenvalue weighted by molar-refractivity contribution is 7.13. The Kier molecular flexibility index (Phi) is 4.26. The first-order valence-corrected chi connectivity index (χ1v) is 10.2. The Hall–Kier alpha value is -1.77. The summed E-state index contributed by atoms with van der Waals surface area (Å²) < 4.78 is 11.3. The van der Waals surface area contributed by atoms with Gasteiger partial charge in [-0.25, -0.2) is 0 Å². The Morgan fingerprint density at radius 1 is 1.23 bits per heavy atom. The van der Waals surface area contributed by atoms with Gasteiger partial charge in [-0.3, -0.25) is 4.79 Å². The van der Waals surface area contributed by atoms with Crippen LogP contribution < -0.4 is 0 Å². The second-order valence-electron chi connectivity index (χ2n) is 7.32. The van der Waals surface area contributed by atoms with Gasteiger partial charge in [0.25, 0.3) is 5.89 Å². The summed E-state index contributed by atoms with van der Waals surface area (Å²) in [5.74, 6) is 1.99. The summed E-state index contributed by atoms with van der Waals surface area (Å²) >= 11 is 1.57. The average molecular weight is 374 g/mol. The molecule has 0 aromatic carbocycles. The molecule has 0 aliphatic carbocycles. The second kappa shape index (κ2) is 6.75. The van der Waals surface area contributed by atoms with E-state index in [1.165, 1.54) is 0 Å². The van der Waals surface area contributed by atoms with E-state index < -0.39 is 0 Å². The number of morpholine rings is 1. The van der Waals surface area contributed by atoms with Gasteiger partial charge in [-0.2, -0.15) is 4.98 Å². The fourth-order valence-corrected chi connectivity index (χ4v) is 5.00. The minimum Gasteiger partial charge on any atom is -0.365 e. The van der Waals surface area contributed by atoms with Crippen molar-refractivity contribution in [2.24, 2.45) is 11.8 Å². The first-order valence-electron chi connectivity index (χ1n) is 9.28. The zero-order valence-electron chi connectivity index (χ0n) is 14.5. The minimum absolute atomic E-state index is 0.139. The summed E-state index contributed by atoms with van der Waals surface area (Å²) in [5.41, 5.74) is 0. The van der Waals surface area contributed by atoms with E-state index in [4.69, 9.17) is 9.26 Å². The number of aromatic nitrogens is 2. The standard InChI is InChI=1S/C18H22N4O3S/c23-18(13-10-21-5-3-12(13)4-6-21)22-7-8-24-14(11-22)17-19-16(20-25-17)15-2-1-9-26-15/h1-2,9,12-14H,3-8,10-11H2/t13-,14+/m1/s1. The predicted molar refractivity (Wildman–Crippen MR) is 95.5 cm³/mol. The van der Waals surface area contributed by atoms with Crippen molar-refractivity contribution in [2.45, 2.75) is 18.9 Å². The Morgan fingerprint density at radius 2 is 2.12 bits per heavy atom. The zero-order chi connectivity index (χ0) is 17.5. The van der Waals surface area contributed by atoms with E-state index in [1.54, 1.807) is 11.3 Å². The number of piperidine rings is 3. The van der Waals surface area contributed by atoms with Crippen LogP contribution in [0.3, 0.4) is 0 Å². The lowest BCUT2D eigenvalue weighted by molar-refractivity contribution is -0.150. The molecule has 1 amide bonds. The van der Waals surface area contributed by atoms with Crippen LogP contribution in [0.25, 0.3) is 10.7 Å². The Labute approximate surface area is 155 Å². The van der Waals surface area contributed by atoms with Crippen LogP contribution >= 0.6 is 11.3 Å². The molecule has 4 saturated heterocycles. The lowest BCUT2D eigenvalue weighted by Gasteiger charge is -2.46. The number of rotatable bonds is 3. The molecule has 4 aliphatic rings. The SMILES string of the molecule is O=C([C@@H]1CN2CCC1CC2)N1CCO[C@H](c2nc(-c3cccs3)no2)C1. The number of nitrogens with zero attached hydrogens (tertiary/aromatic N) is 4. The van der Waals surface area contributed by atoms with E-state index >= 15 is 0 Å². The van der Waals surface area contributed by atoms with Crippen LogP contribution in [0.5, 0.6) is 0 Å². The molecule has 6 heterocycles. The van der Waals surface area contributed by atoms with E-state index in [2.05, 4.69) is 15.0 Å². The van der Waals surface area contributed by atoms with Gasteiger partial charge in [0.15, 0.2) is 6.10 Å². The number of carbonyl (C=O) groups is 1. The molecule has 0 radical (unpaired) electrons. The molecular weight excluding hydrogens is 352 g/mol. The second-order valence-corrected chi connectivity index (χ2v) is 8.27. The summed E-state index contributed by atoms with van der Waals surface area (Å²) in [6.07, 6.45) is 1.96. The van der Waals surface area contributed by atoms with Crippen molar-refractivity contribution >= 4 is 17.2 Å². The Bertz CT molecular complexity index is 769. The summed E-state index contributed by atoms with van der Waals surface area (Å²) in [6.45, 7) is 4.85. The maximum atomic E-state index is 13.1. The number of amides is 1. The maximum Gasteiger partial charge on any atom is 0.257 e. The van der Waals surface area contributed by atoms with E-state index in [-0.39, 0.29) is 17.9 Å². The third-order valence-electron chi connectivity index (χ3n) is 5.81. The number of thiophene rings is 1. The molecule has 0 spiro atoms. The van der Waals surface area contributed by atoms with Crippen molar-refractivity contribution in [3.05, 3.63) is 23.4 Å². The first-order chi connectivity index (χ1) is 12.8. The van der Waals surface area contributed by atoms with Crippen molar-refractivity contribution in [1.82, 2.24) is 19.9 Å². The van der Waals surface area contributed by atoms with Gasteiger partial charge < -0.3 is 19.1 Å². The van der Waals surface area contributed by atoms with Crippen molar-refractivity contribution in [3.63, 3.8) is 0 Å². The number of ether oxygens (including phenoxy) is 1. The molecule has 2 atom stereocenters. The van der Waals surface area contributed by atoms with Gasteiger partial charge in [0.1, 0.15) is 0 Å². The molecule has 8 heteroatoms. The smallest absolute Gasteiger partial charge is 0.257 e. The molecule has 138 valence electrons. The van der Waals surface area contributed by atoms with Gasteiger partial charge in [0.2, 0.25) is 11.7 Å². The van der Waals surface area contributed by atoms with Gasteiger partial charge in [-0.1, -0.05) is 11.2 Å². The van der Waals surface area contributed by atoms with Crippen molar-refractivity contribution in [3.8, 4) is 10.7 Å². The lowest BCUT2D eigenvalue weighted by Crippen LogP contribution is -2.55. The fourth-order valence-electron chi connectivity index (χ4n) is 4.35. The third-order valence-corrected chi connectivity index (χ3v) is 6.68. The molecular formula is C18H22N4O3S. The van der Waals surface area contributed by atoms with Crippen LogP contribution in [-0.4, -0.2) is 65.2 Å². The number of hydrogen-bond donors (Lipinski definition) is 0. The highest BCUT2D eigenvalue weighted by Gasteiger charge is 2.41. The van der Waals surface area contributed by atoms with Gasteiger partial charge in [-0.05, 0) is 43.3 Å². The van der Waals surface area contributed by atoms with E-state index in [0.29, 0.717) is 37.3 Å². The van der Waals surface area contributed by atoms with E-state index in [9.17, 15) is 4.79 Å². The van der Waals surface area contributed by atoms with Crippen LogP contribution in [0.2, 0.25) is 0 Å². The van der Waals surface area contributed by atoms with Crippen LogP contribution in [0.1, 0.15) is 24.8 Å². The minimum atomic E-state index is -0.338. The van der Waals surface area contributed by atoms with E-state index in [1.807, 2.05) is 22.4 Å². The molecule has 0 N–H and O–H groups in total. The van der Waals surface area contributed by atoms with Crippen molar-refractivity contribution in [2.75, 3.05) is 39.3 Å². The maximum absolute atomic E-state index is 13.1. The Morgan fingerprint density at radius 3 is 2.85 bits per heavy atom. The largest absolute Gasteiger partial charge is 0.365 e. The molecule has 26 heavy (non-hydrogen) atoms. The number of carbonyl (C=O) groups excluding carboxylic acids is 1. The monoisotopic (exact) mass is 374 g/mol. The number of fused-ring (bicyclic) bond motifs is 3. The van der Waals surface area contributed by atoms with E-state index in [0.717, 1.165) is 37.4 Å². The first kappa shape index (κ1) is 16.4. The highest BCUT2D eigenvalue weighted by Crippen LogP contribution is 2.34. The van der Waals surface area contributed by atoms with Gasteiger partial charge in [-0.15, -0.1) is 11.3 Å². The van der Waals surface area contributed by atoms with Crippen LogP contribution in [0.4, 0.5) is 0 Å². The summed E-state index contributed by atoms with van der Waals surface area (Å²) in [7, 11) is 0. The molecule has 6 rings (SSSR count). The normalized spacial score (nSPS) is 31.3. The van der Waals surface area contributed by atoms with Crippen LogP contribution in [0.15, 0.2) is 22.0 Å². The van der Waals surface area contributed by atoms with Crippen molar-refractivity contribution in [1.29, 1.82) is 0 Å². The molecule has 0 unspecified atom stereocenters. The van der Waals surface area contributed by atoms with Gasteiger partial charge in [0, 0.05) is 13.1 Å². The lowest BCUT2D eigenvalue weighted by atomic mass is 9.78. The molecule has 2 aromatic rings. The number of hydrogen-bond acceptors (Lipinski definition) is 7. The zero-order valence-corrected chi connectivity index (χ0v) is 15.4. The quantitative estimate of drug-likeness (QED) is 0.819. The summed E-state index contributed by atoms with van der Waals surface area (Å²) in [6, 6.07) is 3.92. The highest BCUT2D eigenvalue weighted by atomic mass is 32.1. The molecule has 4 fully saturated rings. The summed E-state index contributed by atoms with van der Waals surface area (Å²) in [4.78, 5) is 22.9. The van der Waals surface area contributed by atoms with Crippen LogP contribution in [0, 0.1) is 11.8 Å². The molecule has 0 saturated carbocycles. The molecule has 7 nitrogen and oxygen atoms in total.